The van der Waals surface area contributed by atoms with Gasteiger partial charge in [0.2, 0.25) is 11.9 Å². The number of halogens is 1. The first kappa shape index (κ1) is 22.9. The number of carbonyl (C=O) groups excluding carboxylic acids is 1. The van der Waals surface area contributed by atoms with Crippen LogP contribution in [0.25, 0.3) is 0 Å². The molecular weight excluding hydrogens is 416 g/mol. The molecule has 0 aliphatic carbocycles. The standard InChI is InChI=1S/C21H31ClN8O/c1-13(31)25-15-9-10-29(12-15)18-17(23)19(27-20(26-18)28-21(2,3)4)30(24)11-14-7-5-6-8-16(14)22/h5-8,15H,9-12,23-24H2,1-4H3,(H,25,31)(H,26,27,28). The lowest BCUT2D eigenvalue weighted by Crippen LogP contribution is -2.37. The third-order valence-electron chi connectivity index (χ3n) is 4.86. The van der Waals surface area contributed by atoms with Crippen LogP contribution in [0.1, 0.15) is 39.7 Å². The molecule has 31 heavy (non-hydrogen) atoms. The Balaban J connectivity index is 1.94. The number of aromatic nitrogens is 2. The van der Waals surface area contributed by atoms with Gasteiger partial charge in [0, 0.05) is 36.6 Å². The van der Waals surface area contributed by atoms with Crippen LogP contribution in [0.4, 0.5) is 23.3 Å². The molecule has 0 bridgehead atoms. The van der Waals surface area contributed by atoms with Gasteiger partial charge in [0.1, 0.15) is 5.69 Å². The Kier molecular flexibility index (Phi) is 6.76. The van der Waals surface area contributed by atoms with E-state index in [1.807, 2.05) is 45.0 Å². The summed E-state index contributed by atoms with van der Waals surface area (Å²) >= 11 is 6.31. The van der Waals surface area contributed by atoms with Gasteiger partial charge in [0.05, 0.1) is 6.54 Å². The Labute approximate surface area is 188 Å². The number of rotatable bonds is 6. The van der Waals surface area contributed by atoms with E-state index in [9.17, 15) is 4.79 Å². The molecule has 3 rings (SSSR count). The molecule has 0 saturated carbocycles. The molecule has 1 aliphatic rings. The van der Waals surface area contributed by atoms with Crippen molar-refractivity contribution in [1.82, 2.24) is 15.3 Å². The summed E-state index contributed by atoms with van der Waals surface area (Å²) in [5.74, 6) is 7.79. The summed E-state index contributed by atoms with van der Waals surface area (Å²) < 4.78 is 0. The predicted octanol–water partition coefficient (Wildman–Crippen LogP) is 2.52. The Morgan fingerprint density at radius 1 is 1.32 bits per heavy atom. The Morgan fingerprint density at radius 3 is 2.68 bits per heavy atom. The van der Waals surface area contributed by atoms with E-state index in [-0.39, 0.29) is 17.5 Å². The summed E-state index contributed by atoms with van der Waals surface area (Å²) in [5, 5.41) is 8.37. The van der Waals surface area contributed by atoms with Gasteiger partial charge in [-0.2, -0.15) is 9.97 Å². The fourth-order valence-corrected chi connectivity index (χ4v) is 3.74. The summed E-state index contributed by atoms with van der Waals surface area (Å²) in [7, 11) is 0. The van der Waals surface area contributed by atoms with E-state index in [4.69, 9.17) is 23.2 Å². The highest BCUT2D eigenvalue weighted by molar-refractivity contribution is 6.31. The molecule has 168 valence electrons. The summed E-state index contributed by atoms with van der Waals surface area (Å²) in [4.78, 5) is 22.8. The maximum atomic E-state index is 11.4. The molecule has 1 atom stereocenters. The van der Waals surface area contributed by atoms with Gasteiger partial charge in [-0.1, -0.05) is 29.8 Å². The molecule has 2 heterocycles. The van der Waals surface area contributed by atoms with E-state index in [0.717, 1.165) is 18.5 Å². The topological polar surface area (TPSA) is 125 Å². The molecule has 6 N–H and O–H groups in total. The number of hydrogen-bond donors (Lipinski definition) is 4. The lowest BCUT2D eigenvalue weighted by Gasteiger charge is -2.27. The SMILES string of the molecule is CC(=O)NC1CCN(c2nc(NC(C)(C)C)nc(N(N)Cc3ccccc3Cl)c2N)C1. The van der Waals surface area contributed by atoms with E-state index in [0.29, 0.717) is 41.4 Å². The van der Waals surface area contributed by atoms with Crippen molar-refractivity contribution < 1.29 is 4.79 Å². The van der Waals surface area contributed by atoms with Crippen LogP contribution in [0.15, 0.2) is 24.3 Å². The van der Waals surface area contributed by atoms with Gasteiger partial charge < -0.3 is 21.3 Å². The number of hydrogen-bond acceptors (Lipinski definition) is 8. The van der Waals surface area contributed by atoms with Crippen molar-refractivity contribution >= 4 is 40.8 Å². The van der Waals surface area contributed by atoms with Gasteiger partial charge in [-0.3, -0.25) is 9.80 Å². The molecule has 1 aliphatic heterocycles. The monoisotopic (exact) mass is 446 g/mol. The average Bonchev–Trinajstić information content (AvgIpc) is 3.11. The van der Waals surface area contributed by atoms with Crippen LogP contribution in [0.3, 0.4) is 0 Å². The van der Waals surface area contributed by atoms with E-state index >= 15 is 0 Å². The molecule has 1 aromatic carbocycles. The van der Waals surface area contributed by atoms with Crippen molar-refractivity contribution in [3.63, 3.8) is 0 Å². The Bertz CT molecular complexity index is 945. The van der Waals surface area contributed by atoms with Crippen molar-refractivity contribution in [1.29, 1.82) is 0 Å². The molecule has 10 heteroatoms. The van der Waals surface area contributed by atoms with Gasteiger partial charge >= 0.3 is 0 Å². The molecule has 1 unspecified atom stereocenters. The van der Waals surface area contributed by atoms with Gasteiger partial charge in [0.25, 0.3) is 0 Å². The lowest BCUT2D eigenvalue weighted by atomic mass is 10.1. The smallest absolute Gasteiger partial charge is 0.227 e. The zero-order valence-corrected chi connectivity index (χ0v) is 19.2. The lowest BCUT2D eigenvalue weighted by molar-refractivity contribution is -0.119. The van der Waals surface area contributed by atoms with Crippen LogP contribution in [0.2, 0.25) is 5.02 Å². The van der Waals surface area contributed by atoms with Gasteiger partial charge in [-0.25, -0.2) is 5.84 Å². The van der Waals surface area contributed by atoms with Crippen molar-refractivity contribution in [3.8, 4) is 0 Å². The van der Waals surface area contributed by atoms with E-state index in [1.165, 1.54) is 11.9 Å². The van der Waals surface area contributed by atoms with E-state index < -0.39 is 0 Å². The number of nitrogens with one attached hydrogen (secondary N) is 2. The quantitative estimate of drug-likeness (QED) is 0.394. The third kappa shape index (κ3) is 5.89. The summed E-state index contributed by atoms with van der Waals surface area (Å²) in [6.45, 7) is 9.27. The Morgan fingerprint density at radius 2 is 2.03 bits per heavy atom. The van der Waals surface area contributed by atoms with Crippen LogP contribution in [0, 0.1) is 0 Å². The van der Waals surface area contributed by atoms with Crippen molar-refractivity contribution in [3.05, 3.63) is 34.9 Å². The predicted molar refractivity (Wildman–Crippen MR) is 126 cm³/mol. The van der Waals surface area contributed by atoms with Crippen molar-refractivity contribution in [2.75, 3.05) is 34.0 Å². The first-order chi connectivity index (χ1) is 14.5. The zero-order chi connectivity index (χ0) is 22.8. The van der Waals surface area contributed by atoms with Crippen LogP contribution >= 0.6 is 11.6 Å². The number of nitrogens with zero attached hydrogens (tertiary/aromatic N) is 4. The first-order valence-corrected chi connectivity index (χ1v) is 10.6. The molecule has 2 aromatic rings. The largest absolute Gasteiger partial charge is 0.393 e. The second-order valence-corrected chi connectivity index (χ2v) is 9.24. The maximum Gasteiger partial charge on any atom is 0.227 e. The summed E-state index contributed by atoms with van der Waals surface area (Å²) in [5.41, 5.74) is 7.50. The molecule has 1 aromatic heterocycles. The highest BCUT2D eigenvalue weighted by atomic mass is 35.5. The highest BCUT2D eigenvalue weighted by Crippen LogP contribution is 2.34. The molecular formula is C21H31ClN8O. The molecule has 1 saturated heterocycles. The molecule has 0 spiro atoms. The molecule has 0 radical (unpaired) electrons. The van der Waals surface area contributed by atoms with Gasteiger partial charge in [0.15, 0.2) is 11.6 Å². The van der Waals surface area contributed by atoms with Crippen molar-refractivity contribution in [2.45, 2.75) is 52.2 Å². The number of hydrazine groups is 1. The number of nitrogen functional groups attached to an aromatic ring is 1. The minimum atomic E-state index is -0.253. The number of anilines is 4. The average molecular weight is 447 g/mol. The van der Waals surface area contributed by atoms with E-state index in [1.54, 1.807) is 0 Å². The number of amides is 1. The highest BCUT2D eigenvalue weighted by Gasteiger charge is 2.28. The van der Waals surface area contributed by atoms with Gasteiger partial charge in [-0.05, 0) is 38.8 Å². The normalized spacial score (nSPS) is 16.3. The van der Waals surface area contributed by atoms with Crippen molar-refractivity contribution in [2.24, 2.45) is 5.84 Å². The minimum absolute atomic E-state index is 0.0476. The zero-order valence-electron chi connectivity index (χ0n) is 18.4. The number of nitrogens with two attached hydrogens (primary N) is 2. The van der Waals surface area contributed by atoms with Gasteiger partial charge in [-0.15, -0.1) is 0 Å². The second-order valence-electron chi connectivity index (χ2n) is 8.83. The Hall–Kier alpha value is -2.78. The van der Waals surface area contributed by atoms with Crippen LogP contribution in [-0.4, -0.2) is 40.5 Å². The molecule has 1 fully saturated rings. The van der Waals surface area contributed by atoms with Crippen LogP contribution in [-0.2, 0) is 11.3 Å². The van der Waals surface area contributed by atoms with E-state index in [2.05, 4.69) is 25.5 Å². The molecule has 1 amide bonds. The first-order valence-electron chi connectivity index (χ1n) is 10.3. The summed E-state index contributed by atoms with van der Waals surface area (Å²) in [6.07, 6.45) is 0.812. The maximum absolute atomic E-state index is 11.4. The number of benzene rings is 1. The minimum Gasteiger partial charge on any atom is -0.393 e. The second kappa shape index (κ2) is 9.15. The van der Waals surface area contributed by atoms with Crippen LogP contribution in [0.5, 0.6) is 0 Å². The van der Waals surface area contributed by atoms with Crippen LogP contribution < -0.4 is 32.1 Å². The third-order valence-corrected chi connectivity index (χ3v) is 5.23. The summed E-state index contributed by atoms with van der Waals surface area (Å²) in [6, 6.07) is 7.55. The fourth-order valence-electron chi connectivity index (χ4n) is 3.54. The molecule has 9 nitrogen and oxygen atoms in total. The fraction of sp³-hybridized carbons (Fsp3) is 0.476. The number of carbonyl (C=O) groups is 1.